The topological polar surface area (TPSA) is 44.5 Å². The Morgan fingerprint density at radius 3 is 2.29 bits per heavy atom. The fourth-order valence-corrected chi connectivity index (χ4v) is 3.32. The third-order valence-electron chi connectivity index (χ3n) is 4.27. The zero-order valence-electron chi connectivity index (χ0n) is 13.5. The predicted octanol–water partition coefficient (Wildman–Crippen LogP) is 3.93. The molecular weight excluding hydrogens is 262 g/mol. The van der Waals surface area contributed by atoms with Crippen LogP contribution in [0, 0.1) is 11.8 Å². The molecule has 0 saturated heterocycles. The van der Waals surface area contributed by atoms with Gasteiger partial charge in [-0.15, -0.1) is 0 Å². The molecule has 1 aromatic rings. The van der Waals surface area contributed by atoms with Gasteiger partial charge in [0.05, 0.1) is 25.4 Å². The van der Waals surface area contributed by atoms with Crippen LogP contribution in [0.4, 0.5) is 0 Å². The highest BCUT2D eigenvalue weighted by Crippen LogP contribution is 2.30. The van der Waals surface area contributed by atoms with E-state index in [1.54, 1.807) is 0 Å². The summed E-state index contributed by atoms with van der Waals surface area (Å²) in [5.74, 6) is 2.42. The van der Waals surface area contributed by atoms with Crippen LogP contribution in [0.25, 0.3) is 0 Å². The summed E-state index contributed by atoms with van der Waals surface area (Å²) in [6, 6.07) is 7.96. The van der Waals surface area contributed by atoms with E-state index >= 15 is 0 Å². The minimum absolute atomic E-state index is 0.0618. The summed E-state index contributed by atoms with van der Waals surface area (Å²) in [4.78, 5) is 0. The Kier molecular flexibility index (Phi) is 6.07. The van der Waals surface area contributed by atoms with Gasteiger partial charge in [-0.1, -0.05) is 26.0 Å². The van der Waals surface area contributed by atoms with Crippen LogP contribution < -0.4 is 10.5 Å². The molecule has 3 heteroatoms. The van der Waals surface area contributed by atoms with E-state index in [0.717, 1.165) is 23.1 Å². The van der Waals surface area contributed by atoms with Crippen LogP contribution in [0.3, 0.4) is 0 Å². The molecule has 1 saturated carbocycles. The first-order valence-corrected chi connectivity index (χ1v) is 8.18. The first-order chi connectivity index (χ1) is 10.1. The van der Waals surface area contributed by atoms with Gasteiger partial charge in [-0.25, -0.2) is 0 Å². The molecule has 0 spiro atoms. The zero-order valence-corrected chi connectivity index (χ0v) is 13.5. The number of benzene rings is 1. The summed E-state index contributed by atoms with van der Waals surface area (Å²) in [5, 5.41) is 0. The second-order valence-electron chi connectivity index (χ2n) is 6.48. The molecule has 118 valence electrons. The number of ether oxygens (including phenoxy) is 2. The molecule has 1 aromatic carbocycles. The predicted molar refractivity (Wildman–Crippen MR) is 86.5 cm³/mol. The lowest BCUT2D eigenvalue weighted by molar-refractivity contribution is -0.00527. The van der Waals surface area contributed by atoms with E-state index in [-0.39, 0.29) is 6.04 Å². The van der Waals surface area contributed by atoms with Crippen molar-refractivity contribution in [3.05, 3.63) is 29.8 Å². The summed E-state index contributed by atoms with van der Waals surface area (Å²) in [7, 11) is 0. The summed E-state index contributed by atoms with van der Waals surface area (Å²) < 4.78 is 11.5. The maximum atomic E-state index is 6.24. The van der Waals surface area contributed by atoms with Gasteiger partial charge in [-0.05, 0) is 55.7 Å². The van der Waals surface area contributed by atoms with E-state index in [1.807, 2.05) is 31.2 Å². The molecule has 0 aromatic heterocycles. The van der Waals surface area contributed by atoms with Crippen LogP contribution in [-0.4, -0.2) is 19.3 Å². The third-order valence-corrected chi connectivity index (χ3v) is 4.27. The summed E-state index contributed by atoms with van der Waals surface area (Å²) in [6.07, 6.45) is 4.03. The highest BCUT2D eigenvalue weighted by Gasteiger charge is 2.24. The van der Waals surface area contributed by atoms with Crippen molar-refractivity contribution in [2.45, 2.75) is 52.2 Å². The second kappa shape index (κ2) is 7.81. The fourth-order valence-electron chi connectivity index (χ4n) is 3.32. The Bertz CT molecular complexity index is 408. The average Bonchev–Trinajstić information content (AvgIpc) is 2.45. The Balaban J connectivity index is 1.82. The van der Waals surface area contributed by atoms with Gasteiger partial charge in [0.25, 0.3) is 0 Å². The van der Waals surface area contributed by atoms with Crippen molar-refractivity contribution in [2.75, 3.05) is 13.2 Å². The van der Waals surface area contributed by atoms with Crippen LogP contribution in [0.2, 0.25) is 0 Å². The van der Waals surface area contributed by atoms with E-state index in [9.17, 15) is 0 Å². The molecule has 3 unspecified atom stereocenters. The van der Waals surface area contributed by atoms with Crippen molar-refractivity contribution in [2.24, 2.45) is 17.6 Å². The second-order valence-corrected chi connectivity index (χ2v) is 6.48. The minimum Gasteiger partial charge on any atom is -0.494 e. The molecule has 1 aliphatic carbocycles. The molecule has 3 atom stereocenters. The summed E-state index contributed by atoms with van der Waals surface area (Å²) in [5.41, 5.74) is 7.35. The van der Waals surface area contributed by atoms with Crippen molar-refractivity contribution in [3.63, 3.8) is 0 Å². The van der Waals surface area contributed by atoms with Gasteiger partial charge in [0.1, 0.15) is 5.75 Å². The molecule has 2 N–H and O–H groups in total. The smallest absolute Gasteiger partial charge is 0.119 e. The molecule has 0 radical (unpaired) electrons. The van der Waals surface area contributed by atoms with E-state index in [4.69, 9.17) is 15.2 Å². The van der Waals surface area contributed by atoms with E-state index in [1.165, 1.54) is 19.3 Å². The first-order valence-electron chi connectivity index (χ1n) is 8.18. The maximum absolute atomic E-state index is 6.24. The van der Waals surface area contributed by atoms with Crippen LogP contribution >= 0.6 is 0 Å². The van der Waals surface area contributed by atoms with Crippen LogP contribution in [-0.2, 0) is 4.74 Å². The van der Waals surface area contributed by atoms with Crippen LogP contribution in [0.1, 0.15) is 51.6 Å². The molecule has 0 amide bonds. The molecule has 2 rings (SSSR count). The Labute approximate surface area is 128 Å². The van der Waals surface area contributed by atoms with Gasteiger partial charge in [-0.2, -0.15) is 0 Å². The number of hydrogen-bond acceptors (Lipinski definition) is 3. The quantitative estimate of drug-likeness (QED) is 0.863. The van der Waals surface area contributed by atoms with Gasteiger partial charge in [-0.3, -0.25) is 0 Å². The van der Waals surface area contributed by atoms with Crippen molar-refractivity contribution in [3.8, 4) is 5.75 Å². The number of rotatable bonds is 6. The van der Waals surface area contributed by atoms with Gasteiger partial charge < -0.3 is 15.2 Å². The van der Waals surface area contributed by atoms with E-state index in [2.05, 4.69) is 13.8 Å². The lowest BCUT2D eigenvalue weighted by atomic mass is 9.82. The Morgan fingerprint density at radius 2 is 1.71 bits per heavy atom. The van der Waals surface area contributed by atoms with Gasteiger partial charge in [0.2, 0.25) is 0 Å². The largest absolute Gasteiger partial charge is 0.494 e. The monoisotopic (exact) mass is 291 g/mol. The zero-order chi connectivity index (χ0) is 15.2. The van der Waals surface area contributed by atoms with Gasteiger partial charge in [0.15, 0.2) is 0 Å². The molecule has 0 bridgehead atoms. The highest BCUT2D eigenvalue weighted by molar-refractivity contribution is 5.29. The fraction of sp³-hybridized carbons (Fsp3) is 0.667. The van der Waals surface area contributed by atoms with Gasteiger partial charge >= 0.3 is 0 Å². The molecule has 3 nitrogen and oxygen atoms in total. The Hall–Kier alpha value is -1.06. The first kappa shape index (κ1) is 16.3. The molecule has 1 fully saturated rings. The molecule has 0 heterocycles. The lowest BCUT2D eigenvalue weighted by Gasteiger charge is -2.32. The van der Waals surface area contributed by atoms with Crippen molar-refractivity contribution >= 4 is 0 Å². The van der Waals surface area contributed by atoms with E-state index in [0.29, 0.717) is 19.3 Å². The summed E-state index contributed by atoms with van der Waals surface area (Å²) in [6.45, 7) is 7.90. The molecule has 21 heavy (non-hydrogen) atoms. The summed E-state index contributed by atoms with van der Waals surface area (Å²) >= 11 is 0. The van der Waals surface area contributed by atoms with Crippen molar-refractivity contribution < 1.29 is 9.47 Å². The van der Waals surface area contributed by atoms with Gasteiger partial charge in [0, 0.05) is 0 Å². The number of hydrogen-bond donors (Lipinski definition) is 1. The third kappa shape index (κ3) is 5.01. The Morgan fingerprint density at radius 1 is 1.10 bits per heavy atom. The standard InChI is InChI=1S/C18H29NO2/c1-4-20-16-7-5-15(6-8-16)18(19)12-21-17-10-13(2)9-14(3)11-17/h5-8,13-14,17-18H,4,9-12,19H2,1-3H3. The average molecular weight is 291 g/mol. The molecule has 0 aliphatic heterocycles. The van der Waals surface area contributed by atoms with Crippen molar-refractivity contribution in [1.82, 2.24) is 0 Å². The SMILES string of the molecule is CCOc1ccc(C(N)COC2CC(C)CC(C)C2)cc1. The minimum atomic E-state index is -0.0618. The molecule has 1 aliphatic rings. The van der Waals surface area contributed by atoms with Crippen LogP contribution in [0.5, 0.6) is 5.75 Å². The van der Waals surface area contributed by atoms with Crippen molar-refractivity contribution in [1.29, 1.82) is 0 Å². The van der Waals surface area contributed by atoms with Crippen LogP contribution in [0.15, 0.2) is 24.3 Å². The molecular formula is C18H29NO2. The normalized spacial score (nSPS) is 27.3. The highest BCUT2D eigenvalue weighted by atomic mass is 16.5. The number of nitrogens with two attached hydrogens (primary N) is 1. The van der Waals surface area contributed by atoms with E-state index < -0.39 is 0 Å². The maximum Gasteiger partial charge on any atom is 0.119 e. The lowest BCUT2D eigenvalue weighted by Crippen LogP contribution is -2.29.